The summed E-state index contributed by atoms with van der Waals surface area (Å²) in [5, 5.41) is 0. The first-order valence-corrected chi connectivity index (χ1v) is 6.61. The molecule has 2 heteroatoms. The third-order valence-corrected chi connectivity index (χ3v) is 3.42. The Morgan fingerprint density at radius 1 is 0.500 bits per heavy atom. The lowest BCUT2D eigenvalue weighted by Crippen LogP contribution is -2.39. The molecule has 3 aromatic carbocycles. The lowest BCUT2D eigenvalue weighted by Gasteiger charge is -2.05. The lowest BCUT2D eigenvalue weighted by atomic mass is 10.00. The molecule has 0 atom stereocenters. The van der Waals surface area contributed by atoms with Crippen LogP contribution in [0.3, 0.4) is 0 Å². The highest BCUT2D eigenvalue weighted by atomic mass is 14.5. The first kappa shape index (κ1) is 12.5. The van der Waals surface area contributed by atoms with E-state index in [1.807, 2.05) is 36.4 Å². The molecular weight excluding hydrogens is 244 g/mol. The first-order chi connectivity index (χ1) is 9.72. The molecule has 0 unspecified atom stereocenters. The fraction of sp³-hybridized carbons (Fsp3) is 0. The van der Waals surface area contributed by atoms with Crippen molar-refractivity contribution in [3.63, 3.8) is 0 Å². The smallest absolute Gasteiger partial charge is 0.127 e. The molecule has 3 aromatic rings. The Morgan fingerprint density at radius 2 is 0.800 bits per heavy atom. The number of benzene rings is 3. The van der Waals surface area contributed by atoms with Crippen molar-refractivity contribution in [1.29, 1.82) is 0 Å². The molecule has 3 rings (SSSR count). The highest BCUT2D eigenvalue weighted by molar-refractivity contribution is 5.71. The van der Waals surface area contributed by atoms with Gasteiger partial charge in [-0.05, 0) is 58.7 Å². The van der Waals surface area contributed by atoms with E-state index in [-0.39, 0.29) is 0 Å². The number of quaternary nitrogens is 1. The summed E-state index contributed by atoms with van der Waals surface area (Å²) in [4.78, 5) is 0. The summed E-state index contributed by atoms with van der Waals surface area (Å²) < 4.78 is 0. The van der Waals surface area contributed by atoms with Crippen LogP contribution in [0.2, 0.25) is 0 Å². The van der Waals surface area contributed by atoms with Crippen LogP contribution in [0.4, 0.5) is 11.4 Å². The van der Waals surface area contributed by atoms with Gasteiger partial charge in [-0.15, -0.1) is 0 Å². The van der Waals surface area contributed by atoms with Gasteiger partial charge in [-0.2, -0.15) is 0 Å². The van der Waals surface area contributed by atoms with Crippen molar-refractivity contribution >= 4 is 11.4 Å². The molecule has 0 aliphatic heterocycles. The molecule has 0 aliphatic rings. The van der Waals surface area contributed by atoms with Gasteiger partial charge < -0.3 is 11.5 Å². The Kier molecular flexibility index (Phi) is 3.23. The second kappa shape index (κ2) is 5.19. The van der Waals surface area contributed by atoms with Crippen LogP contribution in [0.1, 0.15) is 0 Å². The SMILES string of the molecule is Nc1ccc(-c2ccc(-c3ccc([NH3+])cc3)cc2)cc1. The summed E-state index contributed by atoms with van der Waals surface area (Å²) in [5.74, 6) is 0. The van der Waals surface area contributed by atoms with E-state index in [1.54, 1.807) is 0 Å². The van der Waals surface area contributed by atoms with E-state index in [1.165, 1.54) is 22.3 Å². The molecule has 2 nitrogen and oxygen atoms in total. The quantitative estimate of drug-likeness (QED) is 0.682. The fourth-order valence-electron chi connectivity index (χ4n) is 2.23. The van der Waals surface area contributed by atoms with Crippen LogP contribution in [0.15, 0.2) is 72.8 Å². The van der Waals surface area contributed by atoms with Gasteiger partial charge >= 0.3 is 0 Å². The average molecular weight is 261 g/mol. The number of nitrogen functional groups attached to an aromatic ring is 1. The maximum atomic E-state index is 5.71. The van der Waals surface area contributed by atoms with Gasteiger partial charge in [0.2, 0.25) is 0 Å². The highest BCUT2D eigenvalue weighted by Crippen LogP contribution is 2.25. The zero-order valence-electron chi connectivity index (χ0n) is 11.2. The van der Waals surface area contributed by atoms with Gasteiger partial charge in [0.25, 0.3) is 0 Å². The third-order valence-electron chi connectivity index (χ3n) is 3.42. The van der Waals surface area contributed by atoms with Crippen molar-refractivity contribution in [2.45, 2.75) is 0 Å². The predicted molar refractivity (Wildman–Crippen MR) is 84.3 cm³/mol. The van der Waals surface area contributed by atoms with Crippen molar-refractivity contribution in [3.8, 4) is 22.3 Å². The number of anilines is 1. The summed E-state index contributed by atoms with van der Waals surface area (Å²) in [6, 6.07) is 24.8. The van der Waals surface area contributed by atoms with Crippen LogP contribution in [0.25, 0.3) is 22.3 Å². The van der Waals surface area contributed by atoms with Crippen LogP contribution in [-0.4, -0.2) is 0 Å². The van der Waals surface area contributed by atoms with Crippen LogP contribution < -0.4 is 11.5 Å². The topological polar surface area (TPSA) is 53.7 Å². The Hall–Kier alpha value is -2.58. The molecule has 0 saturated carbocycles. The molecule has 0 aliphatic carbocycles. The van der Waals surface area contributed by atoms with Gasteiger partial charge in [0, 0.05) is 5.69 Å². The Morgan fingerprint density at radius 3 is 1.20 bits per heavy atom. The molecule has 0 spiro atoms. The van der Waals surface area contributed by atoms with Crippen molar-refractivity contribution < 1.29 is 5.73 Å². The largest absolute Gasteiger partial charge is 0.399 e. The predicted octanol–water partition coefficient (Wildman–Crippen LogP) is 3.48. The van der Waals surface area contributed by atoms with Crippen molar-refractivity contribution in [3.05, 3.63) is 72.8 Å². The van der Waals surface area contributed by atoms with Gasteiger partial charge in [0.15, 0.2) is 0 Å². The second-order valence-electron chi connectivity index (χ2n) is 4.90. The van der Waals surface area contributed by atoms with E-state index < -0.39 is 0 Å². The lowest BCUT2D eigenvalue weighted by molar-refractivity contribution is -0.254. The third kappa shape index (κ3) is 2.56. The molecule has 0 radical (unpaired) electrons. The van der Waals surface area contributed by atoms with Gasteiger partial charge in [-0.1, -0.05) is 36.4 Å². The molecule has 5 N–H and O–H groups in total. The molecular formula is C18H17N2+. The Labute approximate surface area is 118 Å². The Bertz CT molecular complexity index is 631. The van der Waals surface area contributed by atoms with Crippen molar-refractivity contribution in [2.24, 2.45) is 0 Å². The molecule has 0 aromatic heterocycles. The first-order valence-electron chi connectivity index (χ1n) is 6.61. The number of hydrogen-bond acceptors (Lipinski definition) is 1. The summed E-state index contributed by atoms with van der Waals surface area (Å²) in [6.07, 6.45) is 0. The molecule has 98 valence electrons. The monoisotopic (exact) mass is 261 g/mol. The summed E-state index contributed by atoms with van der Waals surface area (Å²) in [7, 11) is 0. The maximum absolute atomic E-state index is 5.71. The number of hydrogen-bond donors (Lipinski definition) is 2. The molecule has 0 fully saturated rings. The van der Waals surface area contributed by atoms with Gasteiger partial charge in [-0.3, -0.25) is 0 Å². The average Bonchev–Trinajstić information content (AvgIpc) is 2.49. The minimum absolute atomic E-state index is 0.790. The van der Waals surface area contributed by atoms with E-state index in [2.05, 4.69) is 42.1 Å². The van der Waals surface area contributed by atoms with Crippen LogP contribution >= 0.6 is 0 Å². The summed E-state index contributed by atoms with van der Waals surface area (Å²) in [5.41, 5.74) is 16.2. The molecule has 0 saturated heterocycles. The summed E-state index contributed by atoms with van der Waals surface area (Å²) in [6.45, 7) is 0. The fourth-order valence-corrected chi connectivity index (χ4v) is 2.23. The van der Waals surface area contributed by atoms with Crippen LogP contribution in [0, 0.1) is 0 Å². The summed E-state index contributed by atoms with van der Waals surface area (Å²) >= 11 is 0. The van der Waals surface area contributed by atoms with E-state index in [9.17, 15) is 0 Å². The normalized spacial score (nSPS) is 10.4. The standard InChI is InChI=1S/C18H16N2/c19-17-9-5-15(6-10-17)13-1-2-14(4-3-13)16-7-11-18(20)12-8-16/h1-12H,19-20H2/p+1. The van der Waals surface area contributed by atoms with E-state index in [0.717, 1.165) is 11.4 Å². The van der Waals surface area contributed by atoms with Crippen LogP contribution in [-0.2, 0) is 0 Å². The maximum Gasteiger partial charge on any atom is 0.127 e. The second-order valence-corrected chi connectivity index (χ2v) is 4.90. The minimum Gasteiger partial charge on any atom is -0.399 e. The number of nitrogens with two attached hydrogens (primary N) is 1. The van der Waals surface area contributed by atoms with Gasteiger partial charge in [0.05, 0.1) is 0 Å². The van der Waals surface area contributed by atoms with E-state index >= 15 is 0 Å². The minimum atomic E-state index is 0.790. The van der Waals surface area contributed by atoms with Gasteiger partial charge in [-0.25, -0.2) is 0 Å². The highest BCUT2D eigenvalue weighted by Gasteiger charge is 2.00. The molecule has 20 heavy (non-hydrogen) atoms. The van der Waals surface area contributed by atoms with Crippen LogP contribution in [0.5, 0.6) is 0 Å². The zero-order chi connectivity index (χ0) is 13.9. The zero-order valence-corrected chi connectivity index (χ0v) is 11.2. The molecule has 0 bridgehead atoms. The Balaban J connectivity index is 1.91. The number of rotatable bonds is 2. The van der Waals surface area contributed by atoms with Crippen molar-refractivity contribution in [2.75, 3.05) is 5.73 Å². The molecule has 0 amide bonds. The van der Waals surface area contributed by atoms with Gasteiger partial charge in [0.1, 0.15) is 5.69 Å². The van der Waals surface area contributed by atoms with E-state index in [4.69, 9.17) is 5.73 Å². The van der Waals surface area contributed by atoms with Crippen molar-refractivity contribution in [1.82, 2.24) is 0 Å². The molecule has 0 heterocycles. The van der Waals surface area contributed by atoms with E-state index in [0.29, 0.717) is 0 Å².